The van der Waals surface area contributed by atoms with Gasteiger partial charge in [0.05, 0.1) is 13.3 Å². The van der Waals surface area contributed by atoms with E-state index in [1.807, 2.05) is 0 Å². The summed E-state index contributed by atoms with van der Waals surface area (Å²) in [5.41, 5.74) is -1.20. The van der Waals surface area contributed by atoms with Gasteiger partial charge in [-0.1, -0.05) is 0 Å². The number of carbonyl (C=O) groups excluding carboxylic acids is 1. The quantitative estimate of drug-likeness (QED) is 0.797. The van der Waals surface area contributed by atoms with E-state index in [0.717, 1.165) is 7.11 Å². The Morgan fingerprint density at radius 1 is 1.47 bits per heavy atom. The van der Waals surface area contributed by atoms with Gasteiger partial charge in [0.2, 0.25) is 0 Å². The number of carbonyl (C=O) groups is 1. The van der Waals surface area contributed by atoms with E-state index in [0.29, 0.717) is 11.5 Å². The second-order valence-corrected chi connectivity index (χ2v) is 4.40. The molecule has 0 atom stereocenters. The van der Waals surface area contributed by atoms with Crippen LogP contribution in [0.4, 0.5) is 13.2 Å². The zero-order valence-corrected chi connectivity index (χ0v) is 10.7. The summed E-state index contributed by atoms with van der Waals surface area (Å²) in [5, 5.41) is 3.79. The first-order valence-corrected chi connectivity index (χ1v) is 5.76. The number of rotatable bonds is 2. The average Bonchev–Trinajstić information content (AvgIpc) is 2.92. The van der Waals surface area contributed by atoms with Gasteiger partial charge in [0.15, 0.2) is 0 Å². The molecule has 5 nitrogen and oxygen atoms in total. The molecular formula is C10H8F3N3O2S. The van der Waals surface area contributed by atoms with Gasteiger partial charge >= 0.3 is 12.1 Å². The van der Waals surface area contributed by atoms with Gasteiger partial charge in [-0.05, 0) is 11.5 Å². The molecule has 2 rings (SSSR count). The van der Waals surface area contributed by atoms with E-state index in [1.54, 1.807) is 7.05 Å². The van der Waals surface area contributed by atoms with Gasteiger partial charge in [0.25, 0.3) is 0 Å². The highest BCUT2D eigenvalue weighted by molar-refractivity contribution is 7.08. The predicted molar refractivity (Wildman–Crippen MR) is 60.7 cm³/mol. The lowest BCUT2D eigenvalue weighted by molar-refractivity contribution is -0.137. The molecular weight excluding hydrogens is 283 g/mol. The van der Waals surface area contributed by atoms with Crippen LogP contribution in [0.15, 0.2) is 12.4 Å². The van der Waals surface area contributed by atoms with Crippen LogP contribution in [0.5, 0.6) is 0 Å². The number of aromatic nitrogens is 3. The molecule has 0 aliphatic rings. The molecule has 0 amide bonds. The van der Waals surface area contributed by atoms with E-state index < -0.39 is 22.6 Å². The number of halogens is 3. The van der Waals surface area contributed by atoms with E-state index in [-0.39, 0.29) is 11.3 Å². The fourth-order valence-electron chi connectivity index (χ4n) is 1.53. The van der Waals surface area contributed by atoms with Gasteiger partial charge in [-0.2, -0.15) is 22.6 Å². The lowest BCUT2D eigenvalue weighted by Crippen LogP contribution is -2.12. The molecule has 19 heavy (non-hydrogen) atoms. The minimum atomic E-state index is -4.69. The summed E-state index contributed by atoms with van der Waals surface area (Å²) >= 11 is 0.458. The number of alkyl halides is 3. The first-order chi connectivity index (χ1) is 8.84. The number of aryl methyl sites for hydroxylation is 1. The highest BCUT2D eigenvalue weighted by Crippen LogP contribution is 2.40. The molecule has 2 aromatic rings. The van der Waals surface area contributed by atoms with Gasteiger partial charge in [0.1, 0.15) is 16.1 Å². The Balaban J connectivity index is 2.63. The van der Waals surface area contributed by atoms with Crippen LogP contribution < -0.4 is 0 Å². The Morgan fingerprint density at radius 3 is 2.63 bits per heavy atom. The van der Waals surface area contributed by atoms with Crippen LogP contribution in [0.2, 0.25) is 0 Å². The van der Waals surface area contributed by atoms with Crippen LogP contribution >= 0.6 is 11.5 Å². The molecule has 0 aromatic carbocycles. The number of hydrogen-bond donors (Lipinski definition) is 0. The summed E-state index contributed by atoms with van der Waals surface area (Å²) in [5.74, 6) is -1.06. The normalized spacial score (nSPS) is 11.6. The molecule has 9 heteroatoms. The number of ether oxygens (including phenoxy) is 1. The third-order valence-corrected chi connectivity index (χ3v) is 3.15. The molecule has 0 fully saturated rings. The zero-order chi connectivity index (χ0) is 14.2. The van der Waals surface area contributed by atoms with E-state index in [2.05, 4.69) is 14.2 Å². The van der Waals surface area contributed by atoms with Gasteiger partial charge in [-0.3, -0.25) is 4.68 Å². The third-order valence-electron chi connectivity index (χ3n) is 2.32. The Labute approximate surface area is 109 Å². The molecule has 0 aliphatic heterocycles. The van der Waals surface area contributed by atoms with E-state index in [9.17, 15) is 18.0 Å². The number of esters is 1. The van der Waals surface area contributed by atoms with E-state index in [4.69, 9.17) is 0 Å². The van der Waals surface area contributed by atoms with Crippen molar-refractivity contribution in [2.24, 2.45) is 7.05 Å². The Kier molecular flexibility index (Phi) is 3.31. The second-order valence-electron chi connectivity index (χ2n) is 3.63. The molecule has 0 radical (unpaired) electrons. The van der Waals surface area contributed by atoms with Crippen LogP contribution in [0.25, 0.3) is 11.3 Å². The van der Waals surface area contributed by atoms with Gasteiger partial charge in [-0.25, -0.2) is 4.79 Å². The van der Waals surface area contributed by atoms with Crippen molar-refractivity contribution in [1.29, 1.82) is 0 Å². The maximum atomic E-state index is 13.1. The topological polar surface area (TPSA) is 57.0 Å². The lowest BCUT2D eigenvalue weighted by Gasteiger charge is -2.07. The Hall–Kier alpha value is -1.90. The van der Waals surface area contributed by atoms with Crippen molar-refractivity contribution in [3.8, 4) is 11.3 Å². The van der Waals surface area contributed by atoms with Gasteiger partial charge < -0.3 is 4.74 Å². The van der Waals surface area contributed by atoms with Crippen LogP contribution in [-0.4, -0.2) is 27.2 Å². The Bertz CT molecular complexity index is 618. The molecule has 0 saturated heterocycles. The summed E-state index contributed by atoms with van der Waals surface area (Å²) in [7, 11) is 2.59. The summed E-state index contributed by atoms with van der Waals surface area (Å²) in [6.07, 6.45) is -2.04. The molecule has 0 unspecified atom stereocenters. The second kappa shape index (κ2) is 4.65. The predicted octanol–water partition coefficient (Wildman–Crippen LogP) is 2.35. The molecule has 2 heterocycles. The summed E-state index contributed by atoms with van der Waals surface area (Å²) in [4.78, 5) is 10.8. The van der Waals surface area contributed by atoms with Crippen molar-refractivity contribution in [2.75, 3.05) is 7.11 Å². The summed E-state index contributed by atoms with van der Waals surface area (Å²) in [6, 6.07) is 0. The first-order valence-electron chi connectivity index (χ1n) is 4.98. The van der Waals surface area contributed by atoms with Gasteiger partial charge in [0, 0.05) is 18.8 Å². The van der Waals surface area contributed by atoms with Crippen LogP contribution in [0.3, 0.4) is 0 Å². The molecule has 0 aliphatic carbocycles. The van der Waals surface area contributed by atoms with Crippen LogP contribution in [0.1, 0.15) is 15.2 Å². The number of hydrogen-bond acceptors (Lipinski definition) is 5. The summed E-state index contributed by atoms with van der Waals surface area (Å²) in [6.45, 7) is 0. The zero-order valence-electron chi connectivity index (χ0n) is 9.85. The fraction of sp³-hybridized carbons (Fsp3) is 0.300. The maximum absolute atomic E-state index is 13.1. The first kappa shape index (κ1) is 13.5. The molecule has 0 spiro atoms. The molecule has 102 valence electrons. The highest BCUT2D eigenvalue weighted by Gasteiger charge is 2.41. The minimum Gasteiger partial charge on any atom is -0.465 e. The Morgan fingerprint density at radius 2 is 2.16 bits per heavy atom. The van der Waals surface area contributed by atoms with E-state index in [1.165, 1.54) is 17.1 Å². The van der Waals surface area contributed by atoms with Gasteiger partial charge in [-0.15, -0.1) is 0 Å². The SMILES string of the molecule is COC(=O)c1snc(-c2cnn(C)c2)c1C(F)(F)F. The maximum Gasteiger partial charge on any atom is 0.420 e. The van der Waals surface area contributed by atoms with Crippen molar-refractivity contribution in [2.45, 2.75) is 6.18 Å². The monoisotopic (exact) mass is 291 g/mol. The molecule has 0 saturated carbocycles. The fourth-order valence-corrected chi connectivity index (χ4v) is 2.37. The molecule has 0 bridgehead atoms. The van der Waals surface area contributed by atoms with Crippen molar-refractivity contribution >= 4 is 17.5 Å². The minimum absolute atomic E-state index is 0.196. The summed E-state index contributed by atoms with van der Waals surface area (Å²) < 4.78 is 48.6. The van der Waals surface area contributed by atoms with Crippen molar-refractivity contribution in [1.82, 2.24) is 14.2 Å². The lowest BCUT2D eigenvalue weighted by atomic mass is 10.1. The smallest absolute Gasteiger partial charge is 0.420 e. The largest absolute Gasteiger partial charge is 0.465 e. The standard InChI is InChI=1S/C10H8F3N3O2S/c1-16-4-5(3-14-16)7-6(10(11,12)13)8(19-15-7)9(17)18-2/h3-4H,1-2H3. The third kappa shape index (κ3) is 2.46. The average molecular weight is 291 g/mol. The number of nitrogens with zero attached hydrogens (tertiary/aromatic N) is 3. The highest BCUT2D eigenvalue weighted by atomic mass is 32.1. The van der Waals surface area contributed by atoms with Crippen molar-refractivity contribution in [3.63, 3.8) is 0 Å². The van der Waals surface area contributed by atoms with Crippen LogP contribution in [-0.2, 0) is 18.0 Å². The number of methoxy groups -OCH3 is 1. The van der Waals surface area contributed by atoms with Crippen LogP contribution in [0, 0.1) is 0 Å². The van der Waals surface area contributed by atoms with Crippen molar-refractivity contribution in [3.05, 3.63) is 22.8 Å². The van der Waals surface area contributed by atoms with Crippen molar-refractivity contribution < 1.29 is 22.7 Å². The van der Waals surface area contributed by atoms with E-state index >= 15 is 0 Å². The molecule has 2 aromatic heterocycles. The molecule has 0 N–H and O–H groups in total.